The molecule has 0 radical (unpaired) electrons. The van der Waals surface area contributed by atoms with Gasteiger partial charge in [-0.05, 0) is 12.1 Å². The van der Waals surface area contributed by atoms with Gasteiger partial charge in [-0.1, -0.05) is 11.6 Å². The Labute approximate surface area is 97.5 Å². The molecule has 1 aromatic carbocycles. The lowest BCUT2D eigenvalue weighted by molar-refractivity contribution is -0.384. The third kappa shape index (κ3) is 1.86. The maximum atomic E-state index is 10.7. The standard InChI is InChI=1S/C10H10ClN3O2/c1-13-5-4-12-10(13)7-2-3-8(11)9(6-7)14(15)16/h2-3,6H,4-5H2,1H3. The summed E-state index contributed by atoms with van der Waals surface area (Å²) in [6, 6.07) is 4.74. The average Bonchev–Trinajstić information content (AvgIpc) is 2.65. The van der Waals surface area contributed by atoms with Crippen molar-refractivity contribution in [2.75, 3.05) is 20.1 Å². The molecule has 1 aliphatic heterocycles. The van der Waals surface area contributed by atoms with E-state index in [-0.39, 0.29) is 10.7 Å². The molecule has 0 bridgehead atoms. The van der Waals surface area contributed by atoms with E-state index in [0.29, 0.717) is 0 Å². The molecule has 0 saturated carbocycles. The lowest BCUT2D eigenvalue weighted by atomic mass is 10.2. The predicted molar refractivity (Wildman–Crippen MR) is 62.1 cm³/mol. The van der Waals surface area contributed by atoms with Crippen LogP contribution < -0.4 is 0 Å². The molecule has 6 heteroatoms. The second-order valence-electron chi connectivity index (χ2n) is 3.55. The molecule has 0 aromatic heterocycles. The summed E-state index contributed by atoms with van der Waals surface area (Å²) in [6.07, 6.45) is 0. The Bertz CT molecular complexity index is 473. The van der Waals surface area contributed by atoms with E-state index in [9.17, 15) is 10.1 Å². The van der Waals surface area contributed by atoms with Crippen LogP contribution in [0.1, 0.15) is 5.56 Å². The van der Waals surface area contributed by atoms with Gasteiger partial charge in [-0.2, -0.15) is 0 Å². The lowest BCUT2D eigenvalue weighted by Gasteiger charge is -2.13. The zero-order valence-electron chi connectivity index (χ0n) is 8.68. The third-order valence-corrected chi connectivity index (χ3v) is 2.78. The van der Waals surface area contributed by atoms with E-state index in [1.807, 2.05) is 11.9 Å². The molecular formula is C10H10ClN3O2. The van der Waals surface area contributed by atoms with Gasteiger partial charge in [-0.25, -0.2) is 0 Å². The first-order valence-electron chi connectivity index (χ1n) is 4.79. The lowest BCUT2D eigenvalue weighted by Crippen LogP contribution is -2.23. The predicted octanol–water partition coefficient (Wildman–Crippen LogP) is 1.94. The van der Waals surface area contributed by atoms with Gasteiger partial charge in [0.15, 0.2) is 0 Å². The van der Waals surface area contributed by atoms with Crippen LogP contribution in [0.5, 0.6) is 0 Å². The first kappa shape index (κ1) is 10.9. The van der Waals surface area contributed by atoms with E-state index in [4.69, 9.17) is 11.6 Å². The van der Waals surface area contributed by atoms with Crippen LogP contribution in [-0.2, 0) is 0 Å². The van der Waals surface area contributed by atoms with Gasteiger partial charge in [-0.15, -0.1) is 0 Å². The fraction of sp³-hybridized carbons (Fsp3) is 0.300. The number of hydrogen-bond acceptors (Lipinski definition) is 4. The first-order valence-corrected chi connectivity index (χ1v) is 5.17. The van der Waals surface area contributed by atoms with E-state index in [2.05, 4.69) is 4.99 Å². The van der Waals surface area contributed by atoms with Gasteiger partial charge in [0.05, 0.1) is 11.5 Å². The van der Waals surface area contributed by atoms with Crippen molar-refractivity contribution >= 4 is 23.1 Å². The van der Waals surface area contributed by atoms with Crippen molar-refractivity contribution in [1.82, 2.24) is 4.90 Å². The van der Waals surface area contributed by atoms with Crippen molar-refractivity contribution in [2.45, 2.75) is 0 Å². The fourth-order valence-electron chi connectivity index (χ4n) is 1.64. The van der Waals surface area contributed by atoms with E-state index in [1.54, 1.807) is 6.07 Å². The van der Waals surface area contributed by atoms with Crippen molar-refractivity contribution in [3.63, 3.8) is 0 Å². The van der Waals surface area contributed by atoms with Crippen LogP contribution in [-0.4, -0.2) is 35.8 Å². The van der Waals surface area contributed by atoms with Gasteiger partial charge in [0, 0.05) is 25.2 Å². The number of nitro benzene ring substituents is 1. The third-order valence-electron chi connectivity index (χ3n) is 2.46. The van der Waals surface area contributed by atoms with Crippen LogP contribution in [0, 0.1) is 10.1 Å². The average molecular weight is 240 g/mol. The van der Waals surface area contributed by atoms with Gasteiger partial charge < -0.3 is 4.90 Å². The van der Waals surface area contributed by atoms with E-state index in [1.165, 1.54) is 12.1 Å². The number of nitro groups is 1. The molecule has 0 spiro atoms. The van der Waals surface area contributed by atoms with Gasteiger partial charge in [0.1, 0.15) is 10.9 Å². The van der Waals surface area contributed by atoms with E-state index in [0.717, 1.165) is 24.5 Å². The van der Waals surface area contributed by atoms with Gasteiger partial charge in [0.25, 0.3) is 5.69 Å². The Morgan fingerprint density at radius 1 is 1.56 bits per heavy atom. The maximum Gasteiger partial charge on any atom is 0.288 e. The maximum absolute atomic E-state index is 10.7. The summed E-state index contributed by atoms with van der Waals surface area (Å²) in [4.78, 5) is 16.5. The zero-order valence-corrected chi connectivity index (χ0v) is 9.44. The van der Waals surface area contributed by atoms with Crippen LogP contribution in [0.2, 0.25) is 5.02 Å². The quantitative estimate of drug-likeness (QED) is 0.585. The highest BCUT2D eigenvalue weighted by Crippen LogP contribution is 2.26. The van der Waals surface area contributed by atoms with Crippen molar-refractivity contribution in [3.05, 3.63) is 38.9 Å². The minimum atomic E-state index is -0.485. The number of hydrogen-bond donors (Lipinski definition) is 0. The van der Waals surface area contributed by atoms with Crippen LogP contribution in [0.15, 0.2) is 23.2 Å². The SMILES string of the molecule is CN1CCN=C1c1ccc(Cl)c([N+](=O)[O-])c1. The second kappa shape index (κ2) is 4.09. The highest BCUT2D eigenvalue weighted by molar-refractivity contribution is 6.32. The molecule has 0 N–H and O–H groups in total. The Morgan fingerprint density at radius 3 is 2.88 bits per heavy atom. The van der Waals surface area contributed by atoms with Crippen LogP contribution in [0.25, 0.3) is 0 Å². The first-order chi connectivity index (χ1) is 7.59. The Morgan fingerprint density at radius 2 is 2.31 bits per heavy atom. The number of aliphatic imine (C=N–C) groups is 1. The Hall–Kier alpha value is -1.62. The molecule has 0 saturated heterocycles. The number of benzene rings is 1. The van der Waals surface area contributed by atoms with Crippen molar-refractivity contribution in [3.8, 4) is 0 Å². The molecule has 1 heterocycles. The summed E-state index contributed by atoms with van der Waals surface area (Å²) in [5.74, 6) is 0.778. The minimum absolute atomic E-state index is 0.0813. The fourth-order valence-corrected chi connectivity index (χ4v) is 1.82. The number of rotatable bonds is 2. The molecular weight excluding hydrogens is 230 g/mol. The molecule has 0 amide bonds. The summed E-state index contributed by atoms with van der Waals surface area (Å²) in [5, 5.41) is 10.9. The molecule has 1 aromatic rings. The van der Waals surface area contributed by atoms with Crippen molar-refractivity contribution in [1.29, 1.82) is 0 Å². The van der Waals surface area contributed by atoms with E-state index < -0.39 is 4.92 Å². The highest BCUT2D eigenvalue weighted by atomic mass is 35.5. The summed E-state index contributed by atoms with van der Waals surface area (Å²) < 4.78 is 0. The van der Waals surface area contributed by atoms with Crippen LogP contribution in [0.3, 0.4) is 0 Å². The van der Waals surface area contributed by atoms with Gasteiger partial charge >= 0.3 is 0 Å². The Balaban J connectivity index is 2.43. The monoisotopic (exact) mass is 239 g/mol. The number of amidine groups is 1. The highest BCUT2D eigenvalue weighted by Gasteiger charge is 2.19. The molecule has 16 heavy (non-hydrogen) atoms. The van der Waals surface area contributed by atoms with Crippen LogP contribution >= 0.6 is 11.6 Å². The molecule has 84 valence electrons. The molecule has 0 aliphatic carbocycles. The van der Waals surface area contributed by atoms with Gasteiger partial charge in [-0.3, -0.25) is 15.1 Å². The van der Waals surface area contributed by atoms with E-state index >= 15 is 0 Å². The normalized spacial score (nSPS) is 15.1. The summed E-state index contributed by atoms with van der Waals surface area (Å²) in [7, 11) is 1.91. The summed E-state index contributed by atoms with van der Waals surface area (Å²) in [6.45, 7) is 1.56. The van der Waals surface area contributed by atoms with Crippen LogP contribution in [0.4, 0.5) is 5.69 Å². The largest absolute Gasteiger partial charge is 0.358 e. The van der Waals surface area contributed by atoms with Gasteiger partial charge in [0.2, 0.25) is 0 Å². The zero-order chi connectivity index (χ0) is 11.7. The molecule has 0 atom stereocenters. The summed E-state index contributed by atoms with van der Waals surface area (Å²) in [5.41, 5.74) is 0.651. The number of likely N-dealkylation sites (N-methyl/N-ethyl adjacent to an activating group) is 1. The molecule has 5 nitrogen and oxygen atoms in total. The Kier molecular flexibility index (Phi) is 2.78. The topological polar surface area (TPSA) is 58.7 Å². The van der Waals surface area contributed by atoms with Crippen molar-refractivity contribution in [2.24, 2.45) is 4.99 Å². The summed E-state index contributed by atoms with van der Waals surface area (Å²) >= 11 is 5.74. The number of nitrogens with zero attached hydrogens (tertiary/aromatic N) is 3. The van der Waals surface area contributed by atoms with Crippen molar-refractivity contribution < 1.29 is 4.92 Å². The molecule has 1 aliphatic rings. The molecule has 2 rings (SSSR count). The number of halogens is 1. The molecule has 0 unspecified atom stereocenters. The minimum Gasteiger partial charge on any atom is -0.358 e. The smallest absolute Gasteiger partial charge is 0.288 e. The second-order valence-corrected chi connectivity index (χ2v) is 3.96. The molecule has 0 fully saturated rings.